The highest BCUT2D eigenvalue weighted by Crippen LogP contribution is 2.26. The van der Waals surface area contributed by atoms with Crippen molar-refractivity contribution in [2.45, 2.75) is 11.1 Å². The number of hydrogen-bond acceptors (Lipinski definition) is 4. The maximum atomic E-state index is 4.48. The Kier molecular flexibility index (Phi) is 4.28. The van der Waals surface area contributed by atoms with E-state index in [0.29, 0.717) is 5.92 Å². The molecule has 1 atom stereocenters. The summed E-state index contributed by atoms with van der Waals surface area (Å²) in [5.74, 6) is 2.19. The Morgan fingerprint density at radius 2 is 1.85 bits per heavy atom. The molecule has 0 radical (unpaired) electrons. The van der Waals surface area contributed by atoms with Crippen molar-refractivity contribution in [3.05, 3.63) is 60.3 Å². The van der Waals surface area contributed by atoms with E-state index < -0.39 is 0 Å². The minimum Gasteiger partial charge on any atom is -0.277 e. The quantitative estimate of drug-likeness (QED) is 0.577. The summed E-state index contributed by atoms with van der Waals surface area (Å²) >= 11 is 6.20. The van der Waals surface area contributed by atoms with Crippen molar-refractivity contribution >= 4 is 30.0 Å². The fourth-order valence-corrected chi connectivity index (χ4v) is 3.64. The number of thiol groups is 1. The number of hydrogen-bond donors (Lipinski definition) is 1. The molecule has 0 bridgehead atoms. The average molecular weight is 301 g/mol. The van der Waals surface area contributed by atoms with Gasteiger partial charge in [-0.2, -0.15) is 12.6 Å². The first-order valence-electron chi connectivity index (χ1n) is 6.47. The summed E-state index contributed by atoms with van der Waals surface area (Å²) in [6.07, 6.45) is 2.00. The van der Waals surface area contributed by atoms with Gasteiger partial charge in [0.1, 0.15) is 0 Å². The number of thioether (sulfide) groups is 1. The highest BCUT2D eigenvalue weighted by molar-refractivity contribution is 7.99. The van der Waals surface area contributed by atoms with Crippen LogP contribution in [0, 0.1) is 0 Å². The van der Waals surface area contributed by atoms with Crippen LogP contribution in [-0.2, 0) is 0 Å². The molecule has 0 N–H and O–H groups in total. The summed E-state index contributed by atoms with van der Waals surface area (Å²) in [7, 11) is 0. The van der Waals surface area contributed by atoms with Crippen molar-refractivity contribution < 1.29 is 0 Å². The lowest BCUT2D eigenvalue weighted by Gasteiger charge is -2.13. The van der Waals surface area contributed by atoms with Gasteiger partial charge in [-0.25, -0.2) is 0 Å². The summed E-state index contributed by atoms with van der Waals surface area (Å²) < 4.78 is 2.02. The molecule has 3 rings (SSSR count). The van der Waals surface area contributed by atoms with Gasteiger partial charge in [-0.1, -0.05) is 48.2 Å². The van der Waals surface area contributed by atoms with Gasteiger partial charge in [-0.05, 0) is 23.4 Å². The molecule has 3 aromatic rings. The molecule has 0 spiro atoms. The van der Waals surface area contributed by atoms with Crippen molar-refractivity contribution in [3.8, 4) is 0 Å². The number of nitrogens with zero attached hydrogens (tertiary/aromatic N) is 3. The molecule has 0 aliphatic heterocycles. The molecule has 0 aliphatic rings. The second-order valence-corrected chi connectivity index (χ2v) is 5.86. The third kappa shape index (κ3) is 2.83. The minimum absolute atomic E-state index is 0.417. The molecule has 0 aliphatic carbocycles. The Morgan fingerprint density at radius 3 is 2.65 bits per heavy atom. The average Bonchev–Trinajstić information content (AvgIpc) is 2.92. The monoisotopic (exact) mass is 301 g/mol. The van der Waals surface area contributed by atoms with E-state index in [4.69, 9.17) is 0 Å². The van der Waals surface area contributed by atoms with E-state index in [1.165, 1.54) is 5.56 Å². The van der Waals surface area contributed by atoms with Gasteiger partial charge in [0.2, 0.25) is 0 Å². The van der Waals surface area contributed by atoms with E-state index in [1.54, 1.807) is 11.8 Å². The van der Waals surface area contributed by atoms with Gasteiger partial charge < -0.3 is 0 Å². The van der Waals surface area contributed by atoms with E-state index in [0.717, 1.165) is 22.3 Å². The lowest BCUT2D eigenvalue weighted by molar-refractivity contribution is 0.878. The SMILES string of the molecule is SCC(CSc1nnc2ccccn12)c1ccccc1. The standard InChI is InChI=1S/C15H15N3S2/c19-10-13(12-6-2-1-3-7-12)11-20-15-17-16-14-8-4-5-9-18(14)15/h1-9,13,19H,10-11H2. The van der Waals surface area contributed by atoms with E-state index in [9.17, 15) is 0 Å². The lowest BCUT2D eigenvalue weighted by atomic mass is 10.0. The van der Waals surface area contributed by atoms with Crippen LogP contribution in [-0.4, -0.2) is 26.1 Å². The van der Waals surface area contributed by atoms with Gasteiger partial charge >= 0.3 is 0 Å². The normalized spacial score (nSPS) is 12.7. The molecular formula is C15H15N3S2. The van der Waals surface area contributed by atoms with E-state index in [-0.39, 0.29) is 0 Å². The molecule has 2 heterocycles. The molecule has 1 unspecified atom stereocenters. The van der Waals surface area contributed by atoms with Crippen molar-refractivity contribution in [1.82, 2.24) is 14.6 Å². The van der Waals surface area contributed by atoms with E-state index in [1.807, 2.05) is 34.9 Å². The zero-order valence-corrected chi connectivity index (χ0v) is 12.6. The zero-order valence-electron chi connectivity index (χ0n) is 10.9. The molecule has 0 amide bonds. The number of benzene rings is 1. The Balaban J connectivity index is 1.75. The smallest absolute Gasteiger partial charge is 0.195 e. The van der Waals surface area contributed by atoms with Gasteiger partial charge in [-0.3, -0.25) is 4.40 Å². The highest BCUT2D eigenvalue weighted by Gasteiger charge is 2.12. The molecular weight excluding hydrogens is 286 g/mol. The van der Waals surface area contributed by atoms with Gasteiger partial charge in [0, 0.05) is 17.9 Å². The molecule has 1 aromatic carbocycles. The van der Waals surface area contributed by atoms with Crippen molar-refractivity contribution in [3.63, 3.8) is 0 Å². The van der Waals surface area contributed by atoms with Crippen molar-refractivity contribution in [2.24, 2.45) is 0 Å². The molecule has 102 valence electrons. The molecule has 0 saturated heterocycles. The van der Waals surface area contributed by atoms with Gasteiger partial charge in [0.25, 0.3) is 0 Å². The third-order valence-electron chi connectivity index (χ3n) is 3.19. The Bertz CT molecular complexity index is 682. The van der Waals surface area contributed by atoms with Crippen LogP contribution >= 0.6 is 24.4 Å². The Morgan fingerprint density at radius 1 is 1.05 bits per heavy atom. The van der Waals surface area contributed by atoms with Crippen LogP contribution in [0.15, 0.2) is 59.9 Å². The van der Waals surface area contributed by atoms with Crippen molar-refractivity contribution in [1.29, 1.82) is 0 Å². The molecule has 20 heavy (non-hydrogen) atoms. The summed E-state index contributed by atoms with van der Waals surface area (Å²) in [4.78, 5) is 0. The zero-order chi connectivity index (χ0) is 13.8. The maximum Gasteiger partial charge on any atom is 0.195 e. The second-order valence-electron chi connectivity index (χ2n) is 4.51. The molecule has 0 fully saturated rings. The predicted octanol–water partition coefficient (Wildman–Crippen LogP) is 3.54. The predicted molar refractivity (Wildman–Crippen MR) is 86.7 cm³/mol. The first-order chi connectivity index (χ1) is 9.88. The van der Waals surface area contributed by atoms with Crippen LogP contribution in [0.4, 0.5) is 0 Å². The molecule has 2 aromatic heterocycles. The van der Waals surface area contributed by atoms with Crippen LogP contribution in [0.3, 0.4) is 0 Å². The topological polar surface area (TPSA) is 30.2 Å². The highest BCUT2D eigenvalue weighted by atomic mass is 32.2. The Labute approximate surface area is 127 Å². The van der Waals surface area contributed by atoms with Gasteiger partial charge in [0.05, 0.1) is 0 Å². The fourth-order valence-electron chi connectivity index (χ4n) is 2.07. The summed E-state index contributed by atoms with van der Waals surface area (Å²) in [5, 5.41) is 9.35. The van der Waals surface area contributed by atoms with Crippen LogP contribution in [0.5, 0.6) is 0 Å². The summed E-state index contributed by atoms with van der Waals surface area (Å²) in [5.41, 5.74) is 2.21. The van der Waals surface area contributed by atoms with E-state index >= 15 is 0 Å². The summed E-state index contributed by atoms with van der Waals surface area (Å²) in [6.45, 7) is 0. The third-order valence-corrected chi connectivity index (χ3v) is 4.73. The molecule has 5 heteroatoms. The van der Waals surface area contributed by atoms with Crippen LogP contribution in [0.2, 0.25) is 0 Å². The van der Waals surface area contributed by atoms with Crippen molar-refractivity contribution in [2.75, 3.05) is 11.5 Å². The van der Waals surface area contributed by atoms with Gasteiger partial charge in [-0.15, -0.1) is 10.2 Å². The lowest BCUT2D eigenvalue weighted by Crippen LogP contribution is -2.04. The molecule has 3 nitrogen and oxygen atoms in total. The second kappa shape index (κ2) is 6.33. The number of fused-ring (bicyclic) bond motifs is 1. The van der Waals surface area contributed by atoms with Crippen LogP contribution in [0.1, 0.15) is 11.5 Å². The van der Waals surface area contributed by atoms with E-state index in [2.05, 4.69) is 47.1 Å². The van der Waals surface area contributed by atoms with Crippen LogP contribution < -0.4 is 0 Å². The Hall–Kier alpha value is -1.46. The first-order valence-corrected chi connectivity index (χ1v) is 8.08. The minimum atomic E-state index is 0.417. The largest absolute Gasteiger partial charge is 0.277 e. The van der Waals surface area contributed by atoms with Gasteiger partial charge in [0.15, 0.2) is 10.8 Å². The fraction of sp³-hybridized carbons (Fsp3) is 0.200. The number of aromatic nitrogens is 3. The first kappa shape index (κ1) is 13.5. The summed E-state index contributed by atoms with van der Waals surface area (Å²) in [6, 6.07) is 16.4. The number of pyridine rings is 1. The molecule has 0 saturated carbocycles. The number of rotatable bonds is 5. The van der Waals surface area contributed by atoms with Crippen LogP contribution in [0.25, 0.3) is 5.65 Å². The maximum absolute atomic E-state index is 4.48.